The third-order valence-corrected chi connectivity index (χ3v) is 7.73. The van der Waals surface area contributed by atoms with E-state index in [0.29, 0.717) is 31.9 Å². The first-order valence-corrected chi connectivity index (χ1v) is 11.4. The molecule has 3 aliphatic rings. The molecular formula is C19H22ClN3O4S. The lowest BCUT2D eigenvalue weighted by Gasteiger charge is -2.29. The Morgan fingerprint density at radius 1 is 0.786 bits per heavy atom. The molecule has 1 aromatic rings. The Morgan fingerprint density at radius 3 is 1.96 bits per heavy atom. The Balaban J connectivity index is 1.58. The molecule has 0 aromatic heterocycles. The molecule has 0 aliphatic carbocycles. The summed E-state index contributed by atoms with van der Waals surface area (Å²) in [5.74, 6) is -1.02. The van der Waals surface area contributed by atoms with Crippen LogP contribution >= 0.6 is 11.6 Å². The van der Waals surface area contributed by atoms with E-state index in [0.717, 1.165) is 37.0 Å². The van der Waals surface area contributed by atoms with Gasteiger partial charge in [0.25, 0.3) is 11.8 Å². The lowest BCUT2D eigenvalue weighted by atomic mass is 10.1. The van der Waals surface area contributed by atoms with Crippen LogP contribution in [0.25, 0.3) is 0 Å². The smallest absolute Gasteiger partial charge is 0.283 e. The van der Waals surface area contributed by atoms with E-state index >= 15 is 0 Å². The van der Waals surface area contributed by atoms with Crippen LogP contribution in [-0.2, 0) is 19.6 Å². The molecule has 0 unspecified atom stereocenters. The monoisotopic (exact) mass is 423 g/mol. The molecule has 0 spiro atoms. The van der Waals surface area contributed by atoms with Crippen LogP contribution in [0, 0.1) is 0 Å². The van der Waals surface area contributed by atoms with Crippen LogP contribution in [-0.4, -0.2) is 55.6 Å². The highest BCUT2D eigenvalue weighted by atomic mass is 35.5. The Kier molecular flexibility index (Phi) is 5.20. The number of amides is 2. The maximum absolute atomic E-state index is 12.9. The van der Waals surface area contributed by atoms with Crippen LogP contribution in [0.3, 0.4) is 0 Å². The van der Waals surface area contributed by atoms with Gasteiger partial charge >= 0.3 is 0 Å². The van der Waals surface area contributed by atoms with Crippen molar-refractivity contribution in [3.05, 3.63) is 35.0 Å². The molecule has 7 nitrogen and oxygen atoms in total. The van der Waals surface area contributed by atoms with Gasteiger partial charge in [-0.25, -0.2) is 13.3 Å². The SMILES string of the molecule is O=C1C(Cl)=C(N2CCCCC2)C(=O)N1c1ccc(S(=O)(=O)N2CCCC2)cc1. The van der Waals surface area contributed by atoms with E-state index in [1.54, 1.807) is 0 Å². The third-order valence-electron chi connectivity index (χ3n) is 5.47. The molecule has 28 heavy (non-hydrogen) atoms. The molecule has 0 atom stereocenters. The van der Waals surface area contributed by atoms with E-state index in [1.165, 1.54) is 28.6 Å². The first-order chi connectivity index (χ1) is 13.4. The molecule has 0 radical (unpaired) electrons. The lowest BCUT2D eigenvalue weighted by Crippen LogP contribution is -2.37. The average molecular weight is 424 g/mol. The van der Waals surface area contributed by atoms with Gasteiger partial charge in [0.05, 0.1) is 10.6 Å². The average Bonchev–Trinajstić information content (AvgIpc) is 3.31. The number of imide groups is 1. The van der Waals surface area contributed by atoms with Gasteiger partial charge in [-0.15, -0.1) is 0 Å². The minimum atomic E-state index is -3.54. The van der Waals surface area contributed by atoms with Crippen molar-refractivity contribution in [2.24, 2.45) is 0 Å². The molecule has 2 saturated heterocycles. The molecule has 2 amide bonds. The molecule has 150 valence electrons. The standard InChI is InChI=1S/C19H22ClN3O4S/c20-16-17(21-10-2-1-3-11-21)19(25)23(18(16)24)14-6-8-15(9-7-14)28(26,27)22-12-4-5-13-22/h6-9H,1-5,10-13H2. The number of hydrogen-bond acceptors (Lipinski definition) is 5. The van der Waals surface area contributed by atoms with Crippen LogP contribution in [0.2, 0.25) is 0 Å². The summed E-state index contributed by atoms with van der Waals surface area (Å²) in [7, 11) is -3.54. The zero-order valence-corrected chi connectivity index (χ0v) is 17.0. The summed E-state index contributed by atoms with van der Waals surface area (Å²) in [6.45, 7) is 2.44. The van der Waals surface area contributed by atoms with Crippen LogP contribution in [0.5, 0.6) is 0 Å². The van der Waals surface area contributed by atoms with Gasteiger partial charge in [-0.1, -0.05) is 11.6 Å². The van der Waals surface area contributed by atoms with Crippen molar-refractivity contribution in [2.45, 2.75) is 37.0 Å². The molecule has 2 fully saturated rings. The van der Waals surface area contributed by atoms with E-state index in [1.807, 2.05) is 4.90 Å². The Bertz CT molecular complexity index is 930. The maximum atomic E-state index is 12.9. The van der Waals surface area contributed by atoms with Gasteiger partial charge in [-0.3, -0.25) is 9.59 Å². The van der Waals surface area contributed by atoms with Gasteiger partial charge in [0.1, 0.15) is 10.7 Å². The molecule has 3 heterocycles. The van der Waals surface area contributed by atoms with Crippen molar-refractivity contribution < 1.29 is 18.0 Å². The number of carbonyl (C=O) groups excluding carboxylic acids is 2. The van der Waals surface area contributed by atoms with Crippen molar-refractivity contribution >= 4 is 39.1 Å². The molecule has 0 saturated carbocycles. The fraction of sp³-hybridized carbons (Fsp3) is 0.474. The van der Waals surface area contributed by atoms with Crippen molar-refractivity contribution in [1.29, 1.82) is 0 Å². The molecule has 1 aromatic carbocycles. The molecule has 9 heteroatoms. The quantitative estimate of drug-likeness (QED) is 0.694. The predicted octanol–water partition coefficient (Wildman–Crippen LogP) is 2.28. The van der Waals surface area contributed by atoms with Gasteiger partial charge in [0.15, 0.2) is 0 Å². The van der Waals surface area contributed by atoms with Crippen LogP contribution in [0.15, 0.2) is 39.9 Å². The fourth-order valence-electron chi connectivity index (χ4n) is 3.96. The molecule has 4 rings (SSSR count). The van der Waals surface area contributed by atoms with Crippen LogP contribution in [0.4, 0.5) is 5.69 Å². The number of benzene rings is 1. The van der Waals surface area contributed by atoms with Gasteiger partial charge in [-0.2, -0.15) is 4.31 Å². The molecule has 3 aliphatic heterocycles. The number of halogens is 1. The van der Waals surface area contributed by atoms with E-state index in [-0.39, 0.29) is 15.6 Å². The number of hydrogen-bond donors (Lipinski definition) is 0. The van der Waals surface area contributed by atoms with E-state index in [9.17, 15) is 18.0 Å². The zero-order chi connectivity index (χ0) is 19.9. The van der Waals surface area contributed by atoms with Gasteiger partial charge in [-0.05, 0) is 56.4 Å². The minimum absolute atomic E-state index is 0.0688. The third kappa shape index (κ3) is 3.23. The minimum Gasteiger partial charge on any atom is -0.366 e. The van der Waals surface area contributed by atoms with Gasteiger partial charge in [0.2, 0.25) is 10.0 Å². The highest BCUT2D eigenvalue weighted by Gasteiger charge is 2.41. The number of anilines is 1. The normalized spacial score (nSPS) is 21.9. The first-order valence-electron chi connectivity index (χ1n) is 9.55. The fourth-order valence-corrected chi connectivity index (χ4v) is 5.76. The van der Waals surface area contributed by atoms with Crippen LogP contribution in [0.1, 0.15) is 32.1 Å². The largest absolute Gasteiger partial charge is 0.366 e. The summed E-state index contributed by atoms with van der Waals surface area (Å²) in [6.07, 6.45) is 4.73. The molecular weight excluding hydrogens is 402 g/mol. The highest BCUT2D eigenvalue weighted by molar-refractivity contribution is 7.89. The number of piperidine rings is 1. The second kappa shape index (κ2) is 7.50. The number of likely N-dealkylation sites (tertiary alicyclic amines) is 1. The van der Waals surface area contributed by atoms with E-state index in [2.05, 4.69) is 0 Å². The van der Waals surface area contributed by atoms with Crippen molar-refractivity contribution in [3.8, 4) is 0 Å². The van der Waals surface area contributed by atoms with E-state index < -0.39 is 21.8 Å². The Labute approximate surface area is 169 Å². The van der Waals surface area contributed by atoms with Gasteiger partial charge in [0, 0.05) is 26.2 Å². The molecule has 0 N–H and O–H groups in total. The van der Waals surface area contributed by atoms with E-state index in [4.69, 9.17) is 11.6 Å². The first kappa shape index (κ1) is 19.4. The summed E-state index contributed by atoms with van der Waals surface area (Å²) < 4.78 is 26.8. The summed E-state index contributed by atoms with van der Waals surface area (Å²) in [5, 5.41) is -0.0688. The second-order valence-electron chi connectivity index (χ2n) is 7.26. The summed E-state index contributed by atoms with van der Waals surface area (Å²) in [6, 6.07) is 5.86. The lowest BCUT2D eigenvalue weighted by molar-refractivity contribution is -0.121. The number of carbonyl (C=O) groups is 2. The Morgan fingerprint density at radius 2 is 1.36 bits per heavy atom. The number of nitrogens with zero attached hydrogens (tertiary/aromatic N) is 3. The second-order valence-corrected chi connectivity index (χ2v) is 9.58. The summed E-state index contributed by atoms with van der Waals surface area (Å²) >= 11 is 6.21. The number of rotatable bonds is 4. The summed E-state index contributed by atoms with van der Waals surface area (Å²) in [4.78, 5) is 28.6. The zero-order valence-electron chi connectivity index (χ0n) is 15.4. The number of sulfonamides is 1. The van der Waals surface area contributed by atoms with Crippen molar-refractivity contribution in [1.82, 2.24) is 9.21 Å². The van der Waals surface area contributed by atoms with Crippen molar-refractivity contribution in [3.63, 3.8) is 0 Å². The topological polar surface area (TPSA) is 78.0 Å². The highest BCUT2D eigenvalue weighted by Crippen LogP contribution is 2.33. The molecule has 0 bridgehead atoms. The van der Waals surface area contributed by atoms with Crippen LogP contribution < -0.4 is 4.90 Å². The summed E-state index contributed by atoms with van der Waals surface area (Å²) in [5.41, 5.74) is 0.570. The predicted molar refractivity (Wildman–Crippen MR) is 105 cm³/mol. The van der Waals surface area contributed by atoms with Crippen molar-refractivity contribution in [2.75, 3.05) is 31.1 Å². The maximum Gasteiger partial charge on any atom is 0.283 e. The van der Waals surface area contributed by atoms with Gasteiger partial charge < -0.3 is 4.90 Å². The Hall–Kier alpha value is -1.90.